The van der Waals surface area contributed by atoms with Gasteiger partial charge in [-0.1, -0.05) is 48.5 Å². The lowest BCUT2D eigenvalue weighted by Crippen LogP contribution is -2.10. The monoisotopic (exact) mass is 333 g/mol. The number of ether oxygens (including phenoxy) is 2. The number of carbonyl (C=O) groups is 2. The molecular formula is C20H15NO4. The van der Waals surface area contributed by atoms with Crippen molar-refractivity contribution in [2.45, 2.75) is 0 Å². The van der Waals surface area contributed by atoms with Gasteiger partial charge in [-0.3, -0.25) is 0 Å². The smallest absolute Gasteiger partial charge is 0.355 e. The molecule has 4 rings (SSSR count). The summed E-state index contributed by atoms with van der Waals surface area (Å²) in [4.78, 5) is 27.8. The van der Waals surface area contributed by atoms with Crippen molar-refractivity contribution in [3.05, 3.63) is 59.8 Å². The van der Waals surface area contributed by atoms with Crippen molar-refractivity contribution < 1.29 is 19.1 Å². The average Bonchev–Trinajstić information content (AvgIpc) is 3.08. The number of esters is 2. The van der Waals surface area contributed by atoms with Crippen molar-refractivity contribution >= 4 is 44.4 Å². The number of methoxy groups -OCH3 is 2. The van der Waals surface area contributed by atoms with Gasteiger partial charge in [-0.2, -0.15) is 0 Å². The third kappa shape index (κ3) is 2.09. The number of hydrogen-bond donors (Lipinski definition) is 1. The van der Waals surface area contributed by atoms with Crippen molar-refractivity contribution in [3.63, 3.8) is 0 Å². The van der Waals surface area contributed by atoms with Gasteiger partial charge in [-0.05, 0) is 16.2 Å². The van der Waals surface area contributed by atoms with Crippen molar-refractivity contribution in [3.8, 4) is 0 Å². The van der Waals surface area contributed by atoms with E-state index in [9.17, 15) is 9.59 Å². The molecule has 0 fully saturated rings. The van der Waals surface area contributed by atoms with Crippen LogP contribution in [-0.4, -0.2) is 31.1 Å². The third-order valence-electron chi connectivity index (χ3n) is 4.46. The van der Waals surface area contributed by atoms with E-state index >= 15 is 0 Å². The number of aromatic nitrogens is 1. The van der Waals surface area contributed by atoms with Gasteiger partial charge in [0.1, 0.15) is 11.3 Å². The lowest BCUT2D eigenvalue weighted by molar-refractivity contribution is 0.0553. The first-order valence-corrected chi connectivity index (χ1v) is 7.79. The van der Waals surface area contributed by atoms with Crippen LogP contribution in [0.5, 0.6) is 0 Å². The summed E-state index contributed by atoms with van der Waals surface area (Å²) in [6.45, 7) is 0. The van der Waals surface area contributed by atoms with Crippen molar-refractivity contribution in [1.82, 2.24) is 4.98 Å². The van der Waals surface area contributed by atoms with Crippen LogP contribution in [0.2, 0.25) is 0 Å². The maximum atomic E-state index is 12.5. The Morgan fingerprint density at radius 2 is 1.28 bits per heavy atom. The topological polar surface area (TPSA) is 68.4 Å². The Morgan fingerprint density at radius 3 is 1.88 bits per heavy atom. The Balaban J connectivity index is 2.32. The minimum Gasteiger partial charge on any atom is -0.465 e. The van der Waals surface area contributed by atoms with Gasteiger partial charge < -0.3 is 14.5 Å². The van der Waals surface area contributed by atoms with E-state index in [-0.39, 0.29) is 11.3 Å². The number of rotatable bonds is 2. The van der Waals surface area contributed by atoms with Crippen molar-refractivity contribution in [2.75, 3.05) is 14.2 Å². The molecule has 1 heterocycles. The molecule has 1 N–H and O–H groups in total. The third-order valence-corrected chi connectivity index (χ3v) is 4.46. The van der Waals surface area contributed by atoms with E-state index in [4.69, 9.17) is 9.47 Å². The summed E-state index contributed by atoms with van der Waals surface area (Å²) < 4.78 is 9.78. The Bertz CT molecular complexity index is 1160. The zero-order valence-electron chi connectivity index (χ0n) is 13.8. The molecule has 0 saturated carbocycles. The van der Waals surface area contributed by atoms with Gasteiger partial charge in [-0.15, -0.1) is 0 Å². The van der Waals surface area contributed by atoms with Crippen LogP contribution in [0.1, 0.15) is 20.8 Å². The van der Waals surface area contributed by atoms with Gasteiger partial charge in [0, 0.05) is 10.8 Å². The Morgan fingerprint density at radius 1 is 0.760 bits per heavy atom. The van der Waals surface area contributed by atoms with E-state index in [1.54, 1.807) is 0 Å². The summed E-state index contributed by atoms with van der Waals surface area (Å²) in [7, 11) is 2.58. The molecule has 0 atom stereocenters. The standard InChI is InChI=1S/C20H15NO4/c1-24-19(22)16-15-13-9-5-3-7-11(13)12-8-4-6-10-14(12)17(15)21-18(16)20(23)25-2/h3-10,21H,1-2H3. The number of H-pyrrole nitrogens is 1. The molecular weight excluding hydrogens is 318 g/mol. The highest BCUT2D eigenvalue weighted by Crippen LogP contribution is 2.38. The van der Waals surface area contributed by atoms with Crippen LogP contribution in [0.25, 0.3) is 32.4 Å². The highest BCUT2D eigenvalue weighted by atomic mass is 16.5. The highest BCUT2D eigenvalue weighted by molar-refractivity contribution is 6.30. The molecule has 0 aliphatic heterocycles. The zero-order valence-corrected chi connectivity index (χ0v) is 13.8. The molecule has 5 nitrogen and oxygen atoms in total. The summed E-state index contributed by atoms with van der Waals surface area (Å²) in [5.41, 5.74) is 1.02. The summed E-state index contributed by atoms with van der Waals surface area (Å²) in [5.74, 6) is -1.18. The number of carbonyl (C=O) groups excluding carboxylic acids is 2. The lowest BCUT2D eigenvalue weighted by Gasteiger charge is -2.08. The molecule has 0 unspecified atom stereocenters. The second kappa shape index (κ2) is 5.63. The van der Waals surface area contributed by atoms with Gasteiger partial charge in [-0.25, -0.2) is 9.59 Å². The molecule has 0 radical (unpaired) electrons. The second-order valence-electron chi connectivity index (χ2n) is 5.70. The van der Waals surface area contributed by atoms with Gasteiger partial charge in [0.2, 0.25) is 0 Å². The number of fused-ring (bicyclic) bond motifs is 6. The fourth-order valence-electron chi connectivity index (χ4n) is 3.40. The number of aromatic amines is 1. The molecule has 0 amide bonds. The minimum atomic E-state index is -0.607. The summed E-state index contributed by atoms with van der Waals surface area (Å²) in [6, 6.07) is 15.7. The van der Waals surface area contributed by atoms with Crippen LogP contribution >= 0.6 is 0 Å². The van der Waals surface area contributed by atoms with Crippen LogP contribution in [0.4, 0.5) is 0 Å². The van der Waals surface area contributed by atoms with Crippen molar-refractivity contribution in [2.24, 2.45) is 0 Å². The molecule has 25 heavy (non-hydrogen) atoms. The molecule has 3 aromatic carbocycles. The molecule has 4 aromatic rings. The largest absolute Gasteiger partial charge is 0.465 e. The summed E-state index contributed by atoms with van der Waals surface area (Å²) >= 11 is 0. The van der Waals surface area contributed by atoms with Crippen molar-refractivity contribution in [1.29, 1.82) is 0 Å². The molecule has 0 aliphatic carbocycles. The number of benzene rings is 3. The van der Waals surface area contributed by atoms with E-state index in [1.807, 2.05) is 48.5 Å². The Hall–Kier alpha value is -3.34. The number of nitrogens with one attached hydrogen (secondary N) is 1. The average molecular weight is 333 g/mol. The van der Waals surface area contributed by atoms with Crippen LogP contribution in [0.15, 0.2) is 48.5 Å². The highest BCUT2D eigenvalue weighted by Gasteiger charge is 2.27. The fourth-order valence-corrected chi connectivity index (χ4v) is 3.40. The maximum Gasteiger partial charge on any atom is 0.355 e. The predicted octanol–water partition coefficient (Wildman–Crippen LogP) is 4.05. The van der Waals surface area contributed by atoms with Gasteiger partial charge in [0.05, 0.1) is 19.7 Å². The van der Waals surface area contributed by atoms with Gasteiger partial charge in [0.25, 0.3) is 0 Å². The quantitative estimate of drug-likeness (QED) is 0.444. The van der Waals surface area contributed by atoms with E-state index in [1.165, 1.54) is 14.2 Å². The fraction of sp³-hybridized carbons (Fsp3) is 0.100. The van der Waals surface area contributed by atoms with E-state index in [2.05, 4.69) is 4.98 Å². The zero-order chi connectivity index (χ0) is 17.6. The lowest BCUT2D eigenvalue weighted by atomic mass is 9.96. The predicted molar refractivity (Wildman–Crippen MR) is 96.0 cm³/mol. The van der Waals surface area contributed by atoms with Gasteiger partial charge >= 0.3 is 11.9 Å². The van der Waals surface area contributed by atoms with E-state index in [0.717, 1.165) is 27.1 Å². The molecule has 1 aromatic heterocycles. The van der Waals surface area contributed by atoms with E-state index in [0.29, 0.717) is 5.39 Å². The van der Waals surface area contributed by atoms with Crippen LogP contribution in [0.3, 0.4) is 0 Å². The van der Waals surface area contributed by atoms with Gasteiger partial charge in [0.15, 0.2) is 0 Å². The molecule has 5 heteroatoms. The summed E-state index contributed by atoms with van der Waals surface area (Å²) in [5, 5.41) is 4.52. The van der Waals surface area contributed by atoms with Crippen LogP contribution < -0.4 is 0 Å². The normalized spacial score (nSPS) is 11.1. The SMILES string of the molecule is COC(=O)c1[nH]c2c3ccccc3c3ccccc3c2c1C(=O)OC. The summed E-state index contributed by atoms with van der Waals surface area (Å²) in [6.07, 6.45) is 0. The Kier molecular flexibility index (Phi) is 3.42. The van der Waals surface area contributed by atoms with Crippen LogP contribution in [0, 0.1) is 0 Å². The maximum absolute atomic E-state index is 12.5. The first kappa shape index (κ1) is 15.2. The molecule has 0 saturated heterocycles. The molecule has 0 spiro atoms. The van der Waals surface area contributed by atoms with Crippen LogP contribution in [-0.2, 0) is 9.47 Å². The Labute approximate surface area is 143 Å². The first-order valence-electron chi connectivity index (χ1n) is 7.79. The molecule has 124 valence electrons. The first-order chi connectivity index (χ1) is 12.2. The molecule has 0 aliphatic rings. The second-order valence-corrected chi connectivity index (χ2v) is 5.70. The van der Waals surface area contributed by atoms with E-state index < -0.39 is 11.9 Å². The number of hydrogen-bond acceptors (Lipinski definition) is 4. The molecule has 0 bridgehead atoms. The minimum absolute atomic E-state index is 0.103.